The van der Waals surface area contributed by atoms with E-state index in [1.807, 2.05) is 60.7 Å². The van der Waals surface area contributed by atoms with E-state index in [0.29, 0.717) is 28.2 Å². The molecule has 0 spiro atoms. The summed E-state index contributed by atoms with van der Waals surface area (Å²) in [6, 6.07) is 33.9. The molecule has 3 aromatic heterocycles. The van der Waals surface area contributed by atoms with Gasteiger partial charge in [0.25, 0.3) is 6.33 Å². The molecule has 2 aliphatic carbocycles. The standard InChI is InChI=1S/C56H42N4O.Pt/c1-55-30-15-31-56(2,36-55)48-35-57-53(34-47(48)55)60-49-25-10-9-22-45(49)46-29-28-42(33-52(46)60)61-41-21-13-20-40(32-41)58-37-59(51-27-12-11-26-50(51)58)54-43(38-16-5-3-6-17-38)23-14-24-44(54)39-18-7-4-8-19-39;/h3-14,16-29,34-35H,15,30-31,36H2,1-2H3;/q-2;/i3D,4D,5D,6D,7D,8D,16D,17D,18D,19D;. The van der Waals surface area contributed by atoms with Crippen molar-refractivity contribution < 1.29 is 44.1 Å². The summed E-state index contributed by atoms with van der Waals surface area (Å²) >= 11 is 0. The molecule has 2 aliphatic rings. The van der Waals surface area contributed by atoms with Gasteiger partial charge in [-0.3, -0.25) is 4.57 Å². The normalized spacial score (nSPS) is 20.2. The number of para-hydroxylation sites is 4. The van der Waals surface area contributed by atoms with Crippen LogP contribution in [0.15, 0.2) is 170 Å². The Morgan fingerprint density at radius 3 is 2.10 bits per heavy atom. The summed E-state index contributed by atoms with van der Waals surface area (Å²) in [5, 5.41) is 2.08. The molecule has 1 saturated carbocycles. The zero-order chi connectivity index (χ0) is 49.4. The maximum atomic E-state index is 9.02. The third-order valence-corrected chi connectivity index (χ3v) is 12.8. The van der Waals surface area contributed by atoms with E-state index in [1.165, 1.54) is 24.0 Å². The smallest absolute Gasteiger partial charge is 0.268 e. The van der Waals surface area contributed by atoms with Crippen LogP contribution in [0.2, 0.25) is 0 Å². The Labute approximate surface area is 390 Å². The van der Waals surface area contributed by atoms with Gasteiger partial charge in [0.2, 0.25) is 0 Å². The van der Waals surface area contributed by atoms with Crippen molar-refractivity contribution in [1.29, 1.82) is 0 Å². The summed E-state index contributed by atoms with van der Waals surface area (Å²) in [4.78, 5) is 5.12. The first-order valence-corrected chi connectivity index (χ1v) is 20.5. The topological polar surface area (TPSA) is 35.9 Å². The van der Waals surface area contributed by atoms with E-state index in [4.69, 9.17) is 23.4 Å². The maximum Gasteiger partial charge on any atom is 0.268 e. The van der Waals surface area contributed by atoms with Gasteiger partial charge in [0.1, 0.15) is 5.82 Å². The van der Waals surface area contributed by atoms with Crippen LogP contribution in [0, 0.1) is 18.5 Å². The van der Waals surface area contributed by atoms with Crippen molar-refractivity contribution in [2.24, 2.45) is 0 Å². The van der Waals surface area contributed by atoms with E-state index in [2.05, 4.69) is 61.3 Å². The van der Waals surface area contributed by atoms with Gasteiger partial charge in [0, 0.05) is 44.3 Å². The maximum absolute atomic E-state index is 9.02. The Hall–Kier alpha value is -6.55. The Kier molecular flexibility index (Phi) is 6.90. The van der Waals surface area contributed by atoms with Crippen molar-refractivity contribution in [3.05, 3.63) is 199 Å². The summed E-state index contributed by atoms with van der Waals surface area (Å²) in [7, 11) is 0. The summed E-state index contributed by atoms with van der Waals surface area (Å²) in [5.74, 6) is 1.67. The number of rotatable bonds is 7. The molecule has 62 heavy (non-hydrogen) atoms. The molecule has 12 rings (SSSR count). The molecule has 3 heterocycles. The van der Waals surface area contributed by atoms with Gasteiger partial charge in [0.15, 0.2) is 0 Å². The fraction of sp³-hybridized carbons (Fsp3) is 0.143. The molecule has 0 radical (unpaired) electrons. The number of fused-ring (bicyclic) bond motifs is 9. The summed E-state index contributed by atoms with van der Waals surface area (Å²) in [6.45, 7) is 4.78. The third kappa shape index (κ3) is 6.08. The molecule has 10 aromatic rings. The molecule has 2 unspecified atom stereocenters. The van der Waals surface area contributed by atoms with Crippen LogP contribution in [0.25, 0.3) is 72.3 Å². The third-order valence-electron chi connectivity index (χ3n) is 12.8. The molecule has 5 nitrogen and oxygen atoms in total. The van der Waals surface area contributed by atoms with Crippen LogP contribution < -0.4 is 9.30 Å². The van der Waals surface area contributed by atoms with Crippen LogP contribution in [-0.2, 0) is 31.9 Å². The minimum absolute atomic E-state index is 0. The first-order valence-electron chi connectivity index (χ1n) is 25.5. The average molecular weight is 992 g/mol. The van der Waals surface area contributed by atoms with Crippen molar-refractivity contribution in [3.63, 3.8) is 0 Å². The van der Waals surface area contributed by atoms with Crippen LogP contribution in [0.1, 0.15) is 64.4 Å². The van der Waals surface area contributed by atoms with E-state index in [-0.39, 0.29) is 59.8 Å². The molecular weight excluding hydrogens is 940 g/mol. The largest absolute Gasteiger partial charge is 0.510 e. The second-order valence-corrected chi connectivity index (χ2v) is 16.6. The summed E-state index contributed by atoms with van der Waals surface area (Å²) in [6.07, 6.45) is 10.2. The number of benzene rings is 7. The zero-order valence-electron chi connectivity index (χ0n) is 43.7. The quantitative estimate of drug-likeness (QED) is 0.118. The molecule has 1 fully saturated rings. The van der Waals surface area contributed by atoms with Crippen molar-refractivity contribution in [2.75, 3.05) is 0 Å². The second-order valence-electron chi connectivity index (χ2n) is 16.6. The van der Waals surface area contributed by atoms with Gasteiger partial charge in [-0.15, -0.1) is 29.7 Å². The molecule has 2 atom stereocenters. The van der Waals surface area contributed by atoms with Crippen molar-refractivity contribution in [1.82, 2.24) is 14.1 Å². The minimum Gasteiger partial charge on any atom is -0.510 e. The van der Waals surface area contributed by atoms with Crippen LogP contribution in [0.5, 0.6) is 11.5 Å². The predicted octanol–water partition coefficient (Wildman–Crippen LogP) is 13.0. The Morgan fingerprint density at radius 1 is 0.677 bits per heavy atom. The van der Waals surface area contributed by atoms with Gasteiger partial charge in [-0.1, -0.05) is 147 Å². The zero-order valence-corrected chi connectivity index (χ0v) is 36.0. The van der Waals surface area contributed by atoms with E-state index >= 15 is 0 Å². The molecule has 0 aliphatic heterocycles. The van der Waals surface area contributed by atoms with E-state index in [1.54, 1.807) is 33.4 Å². The number of imidazole rings is 1. The summed E-state index contributed by atoms with van der Waals surface area (Å²) < 4.78 is 99.1. The number of hydrogen-bond acceptors (Lipinski definition) is 2. The Bertz CT molecular complexity index is 3800. The monoisotopic (exact) mass is 991 g/mol. The van der Waals surface area contributed by atoms with E-state index < -0.39 is 60.4 Å². The van der Waals surface area contributed by atoms with Crippen LogP contribution in [0.4, 0.5) is 0 Å². The number of aromatic nitrogens is 4. The van der Waals surface area contributed by atoms with Gasteiger partial charge in [-0.25, -0.2) is 4.98 Å². The van der Waals surface area contributed by atoms with Gasteiger partial charge < -0.3 is 13.9 Å². The first-order chi connectivity index (χ1) is 34.1. The molecule has 7 aromatic carbocycles. The van der Waals surface area contributed by atoms with Crippen molar-refractivity contribution in [3.8, 4) is 50.9 Å². The number of nitrogens with zero attached hydrogens (tertiary/aromatic N) is 4. The van der Waals surface area contributed by atoms with Gasteiger partial charge in [-0.2, -0.15) is 18.2 Å². The van der Waals surface area contributed by atoms with E-state index in [9.17, 15) is 0 Å². The predicted molar refractivity (Wildman–Crippen MR) is 244 cm³/mol. The first kappa shape index (κ1) is 28.9. The average Bonchev–Trinajstić information content (AvgIpc) is 3.97. The molecular formula is C56H42N4OPt-2. The number of pyridine rings is 1. The Balaban J connectivity index is 0.00000560. The van der Waals surface area contributed by atoms with Gasteiger partial charge >= 0.3 is 0 Å². The molecule has 6 heteroatoms. The van der Waals surface area contributed by atoms with Crippen LogP contribution in [-0.4, -0.2) is 14.1 Å². The van der Waals surface area contributed by atoms with E-state index in [0.717, 1.165) is 40.5 Å². The SMILES string of the molecule is [2H]c1c([2H])c([2H])c(-c2cccc(-c3c([2H])c([2H])c([2H])c([2H])c3[2H])c2-[n+]2[c-]n(-c3[c-]c(Oc4[c-]c5c(cc4)c4ccccc4n5-c4cc5c(cn4)C4(C)CCCC5(C)C4)ccc3)c3ccccc32)c([2H])c1[2H].[Pt]. The fourth-order valence-corrected chi connectivity index (χ4v) is 10.2. The van der Waals surface area contributed by atoms with Crippen molar-refractivity contribution in [2.45, 2.75) is 50.4 Å². The van der Waals surface area contributed by atoms with Crippen molar-refractivity contribution >= 4 is 32.8 Å². The molecule has 0 amide bonds. The number of ether oxygens (including phenoxy) is 1. The Morgan fingerprint density at radius 2 is 1.34 bits per heavy atom. The molecule has 304 valence electrons. The number of hydrogen-bond donors (Lipinski definition) is 0. The molecule has 2 bridgehead atoms. The fourth-order valence-electron chi connectivity index (χ4n) is 10.2. The second kappa shape index (κ2) is 14.8. The van der Waals surface area contributed by atoms with Gasteiger partial charge in [0.05, 0.1) is 30.4 Å². The van der Waals surface area contributed by atoms with Gasteiger partial charge in [-0.05, 0) is 86.7 Å². The van der Waals surface area contributed by atoms with Crippen LogP contribution in [0.3, 0.4) is 0 Å². The van der Waals surface area contributed by atoms with Crippen LogP contribution >= 0.6 is 0 Å². The summed E-state index contributed by atoms with van der Waals surface area (Å²) in [5.41, 5.74) is 6.69. The minimum atomic E-state index is -0.567. The molecule has 0 N–H and O–H groups in total. The molecule has 0 saturated heterocycles.